The number of aromatic nitrogens is 1. The highest BCUT2D eigenvalue weighted by atomic mass is 16.4. The average molecular weight is 395 g/mol. The molecule has 3 aromatic carbocycles. The van der Waals surface area contributed by atoms with Gasteiger partial charge in [-0.1, -0.05) is 98.1 Å². The van der Waals surface area contributed by atoms with Gasteiger partial charge in [0.25, 0.3) is 0 Å². The van der Waals surface area contributed by atoms with Gasteiger partial charge in [0.05, 0.1) is 11.4 Å². The maximum atomic E-state index is 6.54. The fraction of sp³-hybridized carbons (Fsp3) is 0.222. The highest BCUT2D eigenvalue weighted by Gasteiger charge is 2.25. The van der Waals surface area contributed by atoms with Crippen LogP contribution in [-0.4, -0.2) is 4.57 Å². The van der Waals surface area contributed by atoms with E-state index in [1.54, 1.807) is 0 Å². The van der Waals surface area contributed by atoms with E-state index in [2.05, 4.69) is 59.2 Å². The molecule has 0 atom stereocenters. The van der Waals surface area contributed by atoms with Crippen molar-refractivity contribution in [3.8, 4) is 22.6 Å². The van der Waals surface area contributed by atoms with Crippen molar-refractivity contribution in [3.63, 3.8) is 0 Å². The lowest BCUT2D eigenvalue weighted by molar-refractivity contribution is 0.327. The highest BCUT2D eigenvalue weighted by Crippen LogP contribution is 2.37. The van der Waals surface area contributed by atoms with Crippen LogP contribution >= 0.6 is 0 Å². The molecule has 0 spiro atoms. The van der Waals surface area contributed by atoms with Crippen LogP contribution in [0.3, 0.4) is 0 Å². The molecule has 1 heterocycles. The summed E-state index contributed by atoms with van der Waals surface area (Å²) in [6.07, 6.45) is 6.14. The van der Waals surface area contributed by atoms with Crippen LogP contribution in [0.2, 0.25) is 0 Å². The fourth-order valence-electron chi connectivity index (χ4n) is 4.41. The molecule has 0 amide bonds. The van der Waals surface area contributed by atoms with Crippen LogP contribution in [-0.2, 0) is 0 Å². The van der Waals surface area contributed by atoms with Gasteiger partial charge in [0.1, 0.15) is 0 Å². The second kappa shape index (κ2) is 8.58. The molecule has 30 heavy (non-hydrogen) atoms. The molecule has 0 radical (unpaired) electrons. The van der Waals surface area contributed by atoms with Gasteiger partial charge in [-0.3, -0.25) is 4.57 Å². The van der Waals surface area contributed by atoms with E-state index in [9.17, 15) is 0 Å². The van der Waals surface area contributed by atoms with Gasteiger partial charge in [0.15, 0.2) is 5.76 Å². The van der Waals surface area contributed by atoms with E-state index in [1.807, 2.05) is 36.4 Å². The Labute approximate surface area is 177 Å². The molecule has 0 bridgehead atoms. The summed E-state index contributed by atoms with van der Waals surface area (Å²) < 4.78 is 8.90. The zero-order chi connectivity index (χ0) is 20.2. The average Bonchev–Trinajstić information content (AvgIpc) is 3.20. The van der Waals surface area contributed by atoms with Crippen LogP contribution in [0.15, 0.2) is 100 Å². The van der Waals surface area contributed by atoms with Crippen LogP contribution in [0.1, 0.15) is 38.1 Å². The van der Waals surface area contributed by atoms with Crippen LogP contribution in [0.4, 0.5) is 5.69 Å². The molecule has 0 saturated heterocycles. The van der Waals surface area contributed by atoms with Gasteiger partial charge in [0.2, 0.25) is 0 Å². The van der Waals surface area contributed by atoms with Gasteiger partial charge < -0.3 is 4.42 Å². The van der Waals surface area contributed by atoms with Crippen LogP contribution in [0, 0.1) is 0 Å². The predicted molar refractivity (Wildman–Crippen MR) is 121 cm³/mol. The number of rotatable bonds is 4. The molecule has 0 aliphatic heterocycles. The van der Waals surface area contributed by atoms with E-state index in [0.29, 0.717) is 11.7 Å². The summed E-state index contributed by atoms with van der Waals surface area (Å²) in [5.74, 6) is 0.891. The summed E-state index contributed by atoms with van der Waals surface area (Å²) in [7, 11) is 0. The molecule has 1 fully saturated rings. The second-order valence-corrected chi connectivity index (χ2v) is 7.90. The zero-order valence-corrected chi connectivity index (χ0v) is 17.1. The summed E-state index contributed by atoms with van der Waals surface area (Å²) >= 11 is 0. The van der Waals surface area contributed by atoms with E-state index in [4.69, 9.17) is 9.41 Å². The van der Waals surface area contributed by atoms with Crippen molar-refractivity contribution in [3.05, 3.63) is 96.7 Å². The van der Waals surface area contributed by atoms with E-state index < -0.39 is 0 Å². The standard InChI is InChI=1S/C27H26N2O/c1-5-13-21(14-6-1)25-26(22-15-7-2-8-16-22)30-27(28-23-17-9-3-10-18-23)29(25)24-19-11-4-12-20-24/h1-3,5-10,13-18,24H,4,11-12,19-20H2. The predicted octanol–water partition coefficient (Wildman–Crippen LogP) is 7.15. The second-order valence-electron chi connectivity index (χ2n) is 7.90. The summed E-state index contributed by atoms with van der Waals surface area (Å²) in [5.41, 5.74) is 4.97. The number of oxazole rings is 1. The van der Waals surface area contributed by atoms with Crippen molar-refractivity contribution in [2.75, 3.05) is 0 Å². The van der Waals surface area contributed by atoms with E-state index >= 15 is 0 Å². The third kappa shape index (κ3) is 3.76. The number of hydrogen-bond acceptors (Lipinski definition) is 2. The first-order chi connectivity index (χ1) is 14.9. The molecular formula is C27H26N2O. The lowest BCUT2D eigenvalue weighted by Crippen LogP contribution is -2.24. The Morgan fingerprint density at radius 1 is 0.667 bits per heavy atom. The van der Waals surface area contributed by atoms with Crippen molar-refractivity contribution >= 4 is 5.69 Å². The SMILES string of the molecule is c1ccc(N=c2oc(-c3ccccc3)c(-c3ccccc3)n2C2CCCCC2)cc1. The number of hydrogen-bond donors (Lipinski definition) is 0. The minimum absolute atomic E-state index is 0.401. The molecule has 4 aromatic rings. The Morgan fingerprint density at radius 3 is 1.87 bits per heavy atom. The molecule has 1 aliphatic rings. The van der Waals surface area contributed by atoms with Crippen molar-refractivity contribution < 1.29 is 4.42 Å². The van der Waals surface area contributed by atoms with Crippen molar-refractivity contribution in [2.45, 2.75) is 38.1 Å². The minimum Gasteiger partial charge on any atom is -0.423 e. The minimum atomic E-state index is 0.401. The van der Waals surface area contributed by atoms with E-state index in [-0.39, 0.29) is 0 Å². The molecule has 3 heteroatoms. The quantitative estimate of drug-likeness (QED) is 0.361. The molecule has 1 saturated carbocycles. The smallest absolute Gasteiger partial charge is 0.303 e. The van der Waals surface area contributed by atoms with Gasteiger partial charge in [-0.15, -0.1) is 0 Å². The Balaban J connectivity index is 1.80. The van der Waals surface area contributed by atoms with Gasteiger partial charge in [0, 0.05) is 17.2 Å². The zero-order valence-electron chi connectivity index (χ0n) is 17.1. The molecule has 1 aromatic heterocycles. The van der Waals surface area contributed by atoms with E-state index in [1.165, 1.54) is 24.8 Å². The molecule has 0 N–H and O–H groups in total. The Bertz CT molecular complexity index is 1150. The summed E-state index contributed by atoms with van der Waals surface area (Å²) in [6.45, 7) is 0. The molecular weight excluding hydrogens is 368 g/mol. The topological polar surface area (TPSA) is 30.4 Å². The summed E-state index contributed by atoms with van der Waals surface area (Å²) in [6, 6.07) is 31.5. The van der Waals surface area contributed by atoms with Gasteiger partial charge in [-0.2, -0.15) is 4.99 Å². The third-order valence-electron chi connectivity index (χ3n) is 5.86. The maximum Gasteiger partial charge on any atom is 0.303 e. The van der Waals surface area contributed by atoms with Crippen LogP contribution < -0.4 is 5.68 Å². The monoisotopic (exact) mass is 394 g/mol. The lowest BCUT2D eigenvalue weighted by atomic mass is 9.94. The maximum absolute atomic E-state index is 6.54. The number of para-hydroxylation sites is 1. The Kier molecular flexibility index (Phi) is 5.34. The van der Waals surface area contributed by atoms with Crippen molar-refractivity contribution in [2.24, 2.45) is 4.99 Å². The normalized spacial score (nSPS) is 15.4. The van der Waals surface area contributed by atoms with Crippen LogP contribution in [0.5, 0.6) is 0 Å². The first-order valence-electron chi connectivity index (χ1n) is 10.9. The number of nitrogens with zero attached hydrogens (tertiary/aromatic N) is 2. The van der Waals surface area contributed by atoms with E-state index in [0.717, 1.165) is 35.5 Å². The van der Waals surface area contributed by atoms with Crippen LogP contribution in [0.25, 0.3) is 22.6 Å². The first-order valence-corrected chi connectivity index (χ1v) is 10.9. The summed E-state index contributed by atoms with van der Waals surface area (Å²) in [5, 5.41) is 0. The Hall–Kier alpha value is -3.33. The van der Waals surface area contributed by atoms with Crippen molar-refractivity contribution in [1.29, 1.82) is 0 Å². The van der Waals surface area contributed by atoms with Gasteiger partial charge in [-0.05, 0) is 25.0 Å². The highest BCUT2D eigenvalue weighted by molar-refractivity contribution is 5.77. The molecule has 3 nitrogen and oxygen atoms in total. The number of benzene rings is 3. The largest absolute Gasteiger partial charge is 0.423 e. The molecule has 0 unspecified atom stereocenters. The summed E-state index contributed by atoms with van der Waals surface area (Å²) in [4.78, 5) is 4.94. The molecule has 150 valence electrons. The lowest BCUT2D eigenvalue weighted by Gasteiger charge is -2.24. The third-order valence-corrected chi connectivity index (χ3v) is 5.86. The Morgan fingerprint density at radius 2 is 1.23 bits per heavy atom. The molecule has 1 aliphatic carbocycles. The molecule has 5 rings (SSSR count). The van der Waals surface area contributed by atoms with Crippen molar-refractivity contribution in [1.82, 2.24) is 4.57 Å². The van der Waals surface area contributed by atoms with Gasteiger partial charge in [-0.25, -0.2) is 0 Å². The first kappa shape index (κ1) is 18.7. The fourth-order valence-corrected chi connectivity index (χ4v) is 4.41. The van der Waals surface area contributed by atoms with Gasteiger partial charge >= 0.3 is 5.68 Å².